The van der Waals surface area contributed by atoms with Crippen molar-refractivity contribution < 1.29 is 13.5 Å². The van der Waals surface area contributed by atoms with Crippen molar-refractivity contribution in [3.63, 3.8) is 0 Å². The van der Waals surface area contributed by atoms with Gasteiger partial charge >= 0.3 is 0 Å². The van der Waals surface area contributed by atoms with Crippen molar-refractivity contribution >= 4 is 15.9 Å². The van der Waals surface area contributed by atoms with Crippen LogP contribution >= 0.6 is 15.9 Å². The van der Waals surface area contributed by atoms with Gasteiger partial charge in [-0.2, -0.15) is 0 Å². The zero-order valence-electron chi connectivity index (χ0n) is 12.0. The molecule has 2 aromatic carbocycles. The van der Waals surface area contributed by atoms with E-state index in [-0.39, 0.29) is 4.83 Å². The van der Waals surface area contributed by atoms with E-state index in [1.54, 1.807) is 6.07 Å². The second-order valence-electron chi connectivity index (χ2n) is 4.86. The summed E-state index contributed by atoms with van der Waals surface area (Å²) in [5.74, 6) is -0.837. The van der Waals surface area contributed by atoms with Crippen molar-refractivity contribution in [1.82, 2.24) is 0 Å². The highest BCUT2D eigenvalue weighted by Crippen LogP contribution is 2.35. The number of halogens is 3. The maximum Gasteiger partial charge on any atom is 0.162 e. The second kappa shape index (κ2) is 7.03. The third kappa shape index (κ3) is 3.82. The average Bonchev–Trinajstić information content (AvgIpc) is 2.46. The normalized spacial score (nSPS) is 12.2. The molecule has 1 unspecified atom stereocenters. The Bertz CT molecular complexity index is 628. The van der Waals surface area contributed by atoms with Crippen LogP contribution in [-0.4, -0.2) is 6.61 Å². The zero-order chi connectivity index (χ0) is 15.4. The van der Waals surface area contributed by atoms with E-state index in [0.29, 0.717) is 18.6 Å². The van der Waals surface area contributed by atoms with E-state index in [0.717, 1.165) is 22.9 Å². The van der Waals surface area contributed by atoms with E-state index in [1.165, 1.54) is 6.07 Å². The molecule has 0 amide bonds. The maximum absolute atomic E-state index is 13.8. The summed E-state index contributed by atoms with van der Waals surface area (Å²) in [5.41, 5.74) is 2.39. The molecule has 0 fully saturated rings. The minimum absolute atomic E-state index is 0.143. The number of benzene rings is 2. The number of ether oxygens (including phenoxy) is 1. The van der Waals surface area contributed by atoms with Gasteiger partial charge in [0.25, 0.3) is 0 Å². The second-order valence-corrected chi connectivity index (χ2v) is 5.96. The topological polar surface area (TPSA) is 9.23 Å². The first-order valence-corrected chi connectivity index (χ1v) is 7.74. The lowest BCUT2D eigenvalue weighted by molar-refractivity contribution is 0.336. The Labute approximate surface area is 132 Å². The monoisotopic (exact) mass is 354 g/mol. The van der Waals surface area contributed by atoms with E-state index < -0.39 is 11.6 Å². The van der Waals surface area contributed by atoms with Crippen molar-refractivity contribution in [3.05, 3.63) is 64.7 Å². The fourth-order valence-corrected chi connectivity index (χ4v) is 2.92. The Kier molecular flexibility index (Phi) is 5.34. The van der Waals surface area contributed by atoms with Crippen molar-refractivity contribution in [2.75, 3.05) is 6.61 Å². The molecule has 0 bridgehead atoms. The van der Waals surface area contributed by atoms with Gasteiger partial charge in [-0.15, -0.1) is 0 Å². The molecule has 0 saturated carbocycles. The molecule has 1 atom stereocenters. The molecule has 1 nitrogen and oxygen atoms in total. The summed E-state index contributed by atoms with van der Waals surface area (Å²) in [6.45, 7) is 4.46. The summed E-state index contributed by atoms with van der Waals surface area (Å²) >= 11 is 3.57. The molecule has 0 spiro atoms. The molecular weight excluding hydrogens is 338 g/mol. The first-order valence-electron chi connectivity index (χ1n) is 6.83. The molecule has 0 aliphatic rings. The molecule has 112 valence electrons. The molecule has 0 heterocycles. The largest absolute Gasteiger partial charge is 0.494 e. The van der Waals surface area contributed by atoms with Gasteiger partial charge in [-0.3, -0.25) is 0 Å². The molecule has 0 saturated heterocycles. The predicted molar refractivity (Wildman–Crippen MR) is 84.1 cm³/mol. The minimum atomic E-state index is -0.818. The third-order valence-electron chi connectivity index (χ3n) is 3.23. The third-order valence-corrected chi connectivity index (χ3v) is 4.05. The Morgan fingerprint density at radius 3 is 2.67 bits per heavy atom. The summed E-state index contributed by atoms with van der Waals surface area (Å²) in [6, 6.07) is 10.1. The summed E-state index contributed by atoms with van der Waals surface area (Å²) < 4.78 is 32.7. The lowest BCUT2D eigenvalue weighted by Gasteiger charge is -2.16. The van der Waals surface area contributed by atoms with E-state index in [9.17, 15) is 8.78 Å². The van der Waals surface area contributed by atoms with Gasteiger partial charge in [0.1, 0.15) is 5.75 Å². The number of rotatable bonds is 5. The summed E-state index contributed by atoms with van der Waals surface area (Å²) in [5, 5.41) is 0. The van der Waals surface area contributed by atoms with E-state index >= 15 is 0 Å². The standard InChI is InChI=1S/C17H17BrF2O/c1-3-21-16-8-7-11(2)9-13(16)14(18)10-12-5-4-6-15(19)17(12)20/h4-9,14H,3,10H2,1-2H3. The summed E-state index contributed by atoms with van der Waals surface area (Å²) in [4.78, 5) is -0.143. The number of hydrogen-bond acceptors (Lipinski definition) is 1. The molecular formula is C17H17BrF2O. The van der Waals surface area contributed by atoms with Crippen LogP contribution in [-0.2, 0) is 6.42 Å². The first-order chi connectivity index (χ1) is 10.0. The highest BCUT2D eigenvalue weighted by molar-refractivity contribution is 9.09. The Morgan fingerprint density at radius 1 is 1.19 bits per heavy atom. The van der Waals surface area contributed by atoms with Crippen molar-refractivity contribution in [1.29, 1.82) is 0 Å². The minimum Gasteiger partial charge on any atom is -0.494 e. The van der Waals surface area contributed by atoms with Crippen LogP contribution in [0.4, 0.5) is 8.78 Å². The van der Waals surface area contributed by atoms with E-state index in [1.807, 2.05) is 32.0 Å². The summed E-state index contributed by atoms with van der Waals surface area (Å²) in [6.07, 6.45) is 0.354. The smallest absolute Gasteiger partial charge is 0.162 e. The van der Waals surface area contributed by atoms with Crippen molar-refractivity contribution in [3.8, 4) is 5.75 Å². The molecule has 0 N–H and O–H groups in total. The van der Waals surface area contributed by atoms with Crippen molar-refractivity contribution in [2.24, 2.45) is 0 Å². The SMILES string of the molecule is CCOc1ccc(C)cc1C(Br)Cc1cccc(F)c1F. The molecule has 4 heteroatoms. The number of hydrogen-bond donors (Lipinski definition) is 0. The van der Waals surface area contributed by atoms with Gasteiger partial charge in [0.15, 0.2) is 11.6 Å². The van der Waals surface area contributed by atoms with Gasteiger partial charge in [0.05, 0.1) is 6.61 Å². The van der Waals surface area contributed by atoms with Crippen LogP contribution in [0, 0.1) is 18.6 Å². The molecule has 0 aliphatic carbocycles. The Morgan fingerprint density at radius 2 is 1.95 bits per heavy atom. The molecule has 2 aromatic rings. The number of aryl methyl sites for hydroxylation is 1. The average molecular weight is 355 g/mol. The van der Waals surface area contributed by atoms with Crippen LogP contribution in [0.1, 0.15) is 28.4 Å². The van der Waals surface area contributed by atoms with Gasteiger partial charge < -0.3 is 4.74 Å². The van der Waals surface area contributed by atoms with Crippen LogP contribution in [0.3, 0.4) is 0 Å². The molecule has 21 heavy (non-hydrogen) atoms. The van der Waals surface area contributed by atoms with Crippen LogP contribution < -0.4 is 4.74 Å². The molecule has 0 aliphatic heterocycles. The molecule has 0 radical (unpaired) electrons. The van der Waals surface area contributed by atoms with Gasteiger partial charge in [-0.1, -0.05) is 45.8 Å². The van der Waals surface area contributed by atoms with E-state index in [2.05, 4.69) is 15.9 Å². The lowest BCUT2D eigenvalue weighted by Crippen LogP contribution is -2.03. The van der Waals surface area contributed by atoms with Crippen LogP contribution in [0.25, 0.3) is 0 Å². The number of alkyl halides is 1. The maximum atomic E-state index is 13.8. The fraction of sp³-hybridized carbons (Fsp3) is 0.294. The Balaban J connectivity index is 2.29. The summed E-state index contributed by atoms with van der Waals surface area (Å²) in [7, 11) is 0. The highest BCUT2D eigenvalue weighted by Gasteiger charge is 2.17. The quantitative estimate of drug-likeness (QED) is 0.657. The molecule has 0 aromatic heterocycles. The van der Waals surface area contributed by atoms with Crippen molar-refractivity contribution in [2.45, 2.75) is 25.1 Å². The zero-order valence-corrected chi connectivity index (χ0v) is 13.6. The van der Waals surface area contributed by atoms with E-state index in [4.69, 9.17) is 4.74 Å². The van der Waals surface area contributed by atoms with Crippen LogP contribution in [0.2, 0.25) is 0 Å². The highest BCUT2D eigenvalue weighted by atomic mass is 79.9. The first kappa shape index (κ1) is 16.0. The fourth-order valence-electron chi connectivity index (χ4n) is 2.21. The van der Waals surface area contributed by atoms with Gasteiger partial charge in [-0.25, -0.2) is 8.78 Å². The predicted octanol–water partition coefficient (Wildman–Crippen LogP) is 5.35. The van der Waals surface area contributed by atoms with Gasteiger partial charge in [-0.05, 0) is 38.0 Å². The lowest BCUT2D eigenvalue weighted by atomic mass is 10.0. The van der Waals surface area contributed by atoms with Crippen LogP contribution in [0.15, 0.2) is 36.4 Å². The van der Waals surface area contributed by atoms with Gasteiger partial charge in [0.2, 0.25) is 0 Å². The Hall–Kier alpha value is -1.42. The molecule has 2 rings (SSSR count). The van der Waals surface area contributed by atoms with Gasteiger partial charge in [0, 0.05) is 10.4 Å². The van der Waals surface area contributed by atoms with Crippen LogP contribution in [0.5, 0.6) is 5.75 Å².